The number of rotatable bonds is 2. The van der Waals surface area contributed by atoms with Crippen LogP contribution >= 0.6 is 11.6 Å². The van der Waals surface area contributed by atoms with Crippen LogP contribution in [0.15, 0.2) is 48.9 Å². The number of ether oxygens (including phenoxy) is 1. The van der Waals surface area contributed by atoms with Crippen molar-refractivity contribution < 1.29 is 9.13 Å². The number of imidazole rings is 1. The van der Waals surface area contributed by atoms with Gasteiger partial charge < -0.3 is 15.0 Å². The summed E-state index contributed by atoms with van der Waals surface area (Å²) in [6.07, 6.45) is 5.09. The molecular formula is C20H13ClFN5O. The van der Waals surface area contributed by atoms with Crippen molar-refractivity contribution >= 4 is 23.1 Å². The van der Waals surface area contributed by atoms with Gasteiger partial charge in [-0.15, -0.1) is 0 Å². The molecule has 0 bridgehead atoms. The van der Waals surface area contributed by atoms with E-state index in [-0.39, 0.29) is 16.3 Å². The Morgan fingerprint density at radius 2 is 2.00 bits per heavy atom. The molecule has 2 N–H and O–H groups in total. The molecule has 0 fully saturated rings. The highest BCUT2D eigenvalue weighted by Gasteiger charge is 2.26. The van der Waals surface area contributed by atoms with E-state index in [9.17, 15) is 4.39 Å². The lowest BCUT2D eigenvalue weighted by Gasteiger charge is -2.09. The molecule has 0 saturated heterocycles. The van der Waals surface area contributed by atoms with Gasteiger partial charge in [-0.3, -0.25) is 4.98 Å². The highest BCUT2D eigenvalue weighted by atomic mass is 35.5. The Bertz CT molecular complexity index is 1160. The van der Waals surface area contributed by atoms with E-state index in [0.29, 0.717) is 17.3 Å². The zero-order valence-corrected chi connectivity index (χ0v) is 15.4. The summed E-state index contributed by atoms with van der Waals surface area (Å²) in [6.45, 7) is 0. The minimum Gasteiger partial charge on any atom is -0.494 e. The van der Waals surface area contributed by atoms with Gasteiger partial charge >= 0.3 is 0 Å². The van der Waals surface area contributed by atoms with E-state index in [2.05, 4.69) is 25.3 Å². The van der Waals surface area contributed by atoms with E-state index in [1.54, 1.807) is 24.7 Å². The highest BCUT2D eigenvalue weighted by molar-refractivity contribution is 6.33. The minimum atomic E-state index is -0.571. The molecule has 0 atom stereocenters. The molecule has 6 nitrogen and oxygen atoms in total. The third kappa shape index (κ3) is 2.44. The van der Waals surface area contributed by atoms with Gasteiger partial charge in [-0.25, -0.2) is 14.4 Å². The maximum Gasteiger partial charge on any atom is 0.177 e. The molecular weight excluding hydrogens is 381 g/mol. The molecule has 1 aromatic carbocycles. The highest BCUT2D eigenvalue weighted by Crippen LogP contribution is 2.44. The second-order valence-electron chi connectivity index (χ2n) is 6.19. The Morgan fingerprint density at radius 1 is 1.11 bits per heavy atom. The van der Waals surface area contributed by atoms with Crippen LogP contribution in [0, 0.1) is 5.82 Å². The second kappa shape index (κ2) is 6.31. The fraction of sp³-hybridized carbons (Fsp3) is 0.0500. The predicted octanol–water partition coefficient (Wildman–Crippen LogP) is 5.06. The smallest absolute Gasteiger partial charge is 0.177 e. The molecule has 8 heteroatoms. The average Bonchev–Trinajstić information content (AvgIpc) is 3.08. The van der Waals surface area contributed by atoms with E-state index in [0.717, 1.165) is 22.5 Å². The van der Waals surface area contributed by atoms with Gasteiger partial charge in [-0.05, 0) is 30.3 Å². The van der Waals surface area contributed by atoms with Crippen LogP contribution in [0.25, 0.3) is 33.9 Å². The third-order valence-electron chi connectivity index (χ3n) is 4.62. The number of H-pyrrole nitrogens is 1. The van der Waals surface area contributed by atoms with E-state index in [4.69, 9.17) is 16.3 Å². The predicted molar refractivity (Wildman–Crippen MR) is 105 cm³/mol. The minimum absolute atomic E-state index is 0.0966. The van der Waals surface area contributed by atoms with Gasteiger partial charge in [0, 0.05) is 23.5 Å². The second-order valence-corrected chi connectivity index (χ2v) is 6.60. The van der Waals surface area contributed by atoms with Crippen molar-refractivity contribution in [2.45, 2.75) is 0 Å². The Labute approximate surface area is 164 Å². The number of anilines is 2. The van der Waals surface area contributed by atoms with Gasteiger partial charge in [0.05, 0.1) is 35.3 Å². The van der Waals surface area contributed by atoms with Gasteiger partial charge in [0.15, 0.2) is 11.6 Å². The number of pyridine rings is 2. The standard InChI is InChI=1S/C20H13ClFN5O/c1-28-14-5-4-12(21)15(16(14)22)20-26-17-10-6-8-23-9-13(10)25-19-11(18(17)27-20)3-2-7-24-19/h2-9H,1H3,(H,24,25)(H,26,27). The normalized spacial score (nSPS) is 11.7. The first-order chi connectivity index (χ1) is 13.7. The summed E-state index contributed by atoms with van der Waals surface area (Å²) < 4.78 is 20.0. The number of halogens is 2. The lowest BCUT2D eigenvalue weighted by atomic mass is 10.1. The summed E-state index contributed by atoms with van der Waals surface area (Å²) >= 11 is 6.30. The quantitative estimate of drug-likeness (QED) is 0.438. The first kappa shape index (κ1) is 16.7. The summed E-state index contributed by atoms with van der Waals surface area (Å²) in [5, 5.41) is 3.52. The maximum atomic E-state index is 15.0. The summed E-state index contributed by atoms with van der Waals surface area (Å²) in [7, 11) is 1.41. The number of methoxy groups -OCH3 is 1. The topological polar surface area (TPSA) is 75.7 Å². The SMILES string of the molecule is COc1ccc(Cl)c(-c2nc3c([nH]2)-c2ccncc2Nc2ncccc2-3)c1F. The zero-order valence-electron chi connectivity index (χ0n) is 14.6. The Kier molecular flexibility index (Phi) is 3.77. The Balaban J connectivity index is 1.81. The van der Waals surface area contributed by atoms with E-state index >= 15 is 0 Å². The number of hydrogen-bond acceptors (Lipinski definition) is 5. The molecule has 0 spiro atoms. The molecule has 138 valence electrons. The van der Waals surface area contributed by atoms with Crippen molar-refractivity contribution in [1.82, 2.24) is 19.9 Å². The maximum absolute atomic E-state index is 15.0. The number of nitrogens with zero attached hydrogens (tertiary/aromatic N) is 3. The molecule has 0 saturated carbocycles. The van der Waals surface area contributed by atoms with Crippen LogP contribution in [0.4, 0.5) is 15.9 Å². The van der Waals surface area contributed by atoms with Crippen LogP contribution < -0.4 is 10.1 Å². The third-order valence-corrected chi connectivity index (χ3v) is 4.94. The van der Waals surface area contributed by atoms with Crippen molar-refractivity contribution in [3.8, 4) is 39.7 Å². The number of nitrogens with one attached hydrogen (secondary N) is 2. The molecule has 1 aliphatic heterocycles. The first-order valence-corrected chi connectivity index (χ1v) is 8.84. The lowest BCUT2D eigenvalue weighted by molar-refractivity contribution is 0.387. The molecule has 5 rings (SSSR count). The number of fused-ring (bicyclic) bond motifs is 5. The number of aromatic amines is 1. The number of benzene rings is 1. The van der Waals surface area contributed by atoms with Gasteiger partial charge in [0.2, 0.25) is 0 Å². The van der Waals surface area contributed by atoms with Crippen molar-refractivity contribution in [2.24, 2.45) is 0 Å². The van der Waals surface area contributed by atoms with Crippen LogP contribution in [0.3, 0.4) is 0 Å². The lowest BCUT2D eigenvalue weighted by Crippen LogP contribution is -1.96. The van der Waals surface area contributed by atoms with Crippen molar-refractivity contribution in [3.05, 3.63) is 59.8 Å². The van der Waals surface area contributed by atoms with E-state index < -0.39 is 5.82 Å². The first-order valence-electron chi connectivity index (χ1n) is 8.46. The van der Waals surface area contributed by atoms with Crippen LogP contribution in [-0.2, 0) is 0 Å². The van der Waals surface area contributed by atoms with Crippen molar-refractivity contribution in [1.29, 1.82) is 0 Å². The number of hydrogen-bond donors (Lipinski definition) is 2. The van der Waals surface area contributed by atoms with Crippen LogP contribution in [-0.4, -0.2) is 27.0 Å². The summed E-state index contributed by atoms with van der Waals surface area (Å²) in [6, 6.07) is 8.66. The monoisotopic (exact) mass is 393 g/mol. The van der Waals surface area contributed by atoms with Gasteiger partial charge in [-0.2, -0.15) is 0 Å². The average molecular weight is 394 g/mol. The fourth-order valence-corrected chi connectivity index (χ4v) is 3.56. The molecule has 1 aliphatic rings. The van der Waals surface area contributed by atoms with Gasteiger partial charge in [0.25, 0.3) is 0 Å². The molecule has 3 aromatic heterocycles. The summed E-state index contributed by atoms with van der Waals surface area (Å²) in [4.78, 5) is 16.5. The van der Waals surface area contributed by atoms with E-state index in [1.807, 2.05) is 18.2 Å². The molecule has 28 heavy (non-hydrogen) atoms. The Morgan fingerprint density at radius 3 is 2.86 bits per heavy atom. The molecule has 4 aromatic rings. The zero-order chi connectivity index (χ0) is 19.3. The largest absolute Gasteiger partial charge is 0.494 e. The number of aromatic nitrogens is 4. The summed E-state index contributed by atoms with van der Waals surface area (Å²) in [5.74, 6) is 0.481. The van der Waals surface area contributed by atoms with Gasteiger partial charge in [0.1, 0.15) is 17.3 Å². The van der Waals surface area contributed by atoms with Crippen LogP contribution in [0.5, 0.6) is 5.75 Å². The summed E-state index contributed by atoms with van der Waals surface area (Å²) in [5.41, 5.74) is 3.94. The van der Waals surface area contributed by atoms with Crippen LogP contribution in [0.2, 0.25) is 5.02 Å². The van der Waals surface area contributed by atoms with E-state index in [1.165, 1.54) is 13.2 Å². The fourth-order valence-electron chi connectivity index (χ4n) is 3.33. The Hall–Kier alpha value is -3.45. The molecule has 0 radical (unpaired) electrons. The molecule has 0 aliphatic carbocycles. The molecule has 0 unspecified atom stereocenters. The molecule has 0 amide bonds. The van der Waals surface area contributed by atoms with Crippen molar-refractivity contribution in [3.63, 3.8) is 0 Å². The van der Waals surface area contributed by atoms with Crippen LogP contribution in [0.1, 0.15) is 0 Å². The van der Waals surface area contributed by atoms with Crippen molar-refractivity contribution in [2.75, 3.05) is 12.4 Å². The molecule has 4 heterocycles. The van der Waals surface area contributed by atoms with Gasteiger partial charge in [-0.1, -0.05) is 11.6 Å².